The van der Waals surface area contributed by atoms with Crippen LogP contribution in [-0.4, -0.2) is 19.2 Å². The van der Waals surface area contributed by atoms with Crippen LogP contribution in [0.5, 0.6) is 0 Å². The van der Waals surface area contributed by atoms with Crippen molar-refractivity contribution in [2.45, 2.75) is 18.9 Å². The van der Waals surface area contributed by atoms with Gasteiger partial charge in [0.2, 0.25) is 0 Å². The second-order valence-electron chi connectivity index (χ2n) is 4.63. The van der Waals surface area contributed by atoms with Gasteiger partial charge in [0.05, 0.1) is 6.10 Å². The number of benzene rings is 1. The fourth-order valence-corrected chi connectivity index (χ4v) is 2.63. The van der Waals surface area contributed by atoms with E-state index in [1.54, 1.807) is 11.3 Å². The van der Waals surface area contributed by atoms with Crippen LogP contribution in [0.3, 0.4) is 0 Å². The molecule has 0 spiro atoms. The van der Waals surface area contributed by atoms with Crippen molar-refractivity contribution in [3.63, 3.8) is 0 Å². The van der Waals surface area contributed by atoms with Crippen molar-refractivity contribution < 1.29 is 5.11 Å². The normalized spacial score (nSPS) is 12.4. The van der Waals surface area contributed by atoms with Crippen molar-refractivity contribution in [3.05, 3.63) is 52.2 Å². The van der Waals surface area contributed by atoms with E-state index in [0.717, 1.165) is 17.7 Å². The number of rotatable bonds is 5. The lowest BCUT2D eigenvalue weighted by molar-refractivity contribution is 0.171. The third-order valence-corrected chi connectivity index (χ3v) is 4.00. The Morgan fingerprint density at radius 3 is 2.44 bits per heavy atom. The van der Waals surface area contributed by atoms with Crippen LogP contribution in [0.15, 0.2) is 41.8 Å². The second kappa shape index (κ2) is 6.03. The molecule has 1 atom stereocenters. The van der Waals surface area contributed by atoms with E-state index in [1.807, 2.05) is 31.6 Å². The van der Waals surface area contributed by atoms with Crippen LogP contribution < -0.4 is 4.90 Å². The Labute approximate surface area is 113 Å². The van der Waals surface area contributed by atoms with Gasteiger partial charge in [0.1, 0.15) is 0 Å². The average molecular weight is 261 g/mol. The molecular weight excluding hydrogens is 242 g/mol. The molecule has 0 aliphatic carbocycles. The summed E-state index contributed by atoms with van der Waals surface area (Å²) in [6, 6.07) is 12.5. The highest BCUT2D eigenvalue weighted by molar-refractivity contribution is 7.10. The Hall–Kier alpha value is -1.32. The van der Waals surface area contributed by atoms with Gasteiger partial charge in [-0.1, -0.05) is 18.2 Å². The summed E-state index contributed by atoms with van der Waals surface area (Å²) in [7, 11) is 4.07. The minimum Gasteiger partial charge on any atom is -0.388 e. The van der Waals surface area contributed by atoms with Crippen molar-refractivity contribution in [1.82, 2.24) is 0 Å². The maximum atomic E-state index is 10.0. The number of hydrogen-bond donors (Lipinski definition) is 1. The maximum absolute atomic E-state index is 10.0. The SMILES string of the molecule is CN(C)c1ccc(CCC(O)c2cccs2)cc1. The first-order valence-electron chi connectivity index (χ1n) is 6.14. The first-order chi connectivity index (χ1) is 8.66. The minimum atomic E-state index is -0.335. The second-order valence-corrected chi connectivity index (χ2v) is 5.61. The molecule has 2 aromatic rings. The van der Waals surface area contributed by atoms with Crippen molar-refractivity contribution >= 4 is 17.0 Å². The standard InChI is InChI=1S/C15H19NOS/c1-16(2)13-8-5-12(6-9-13)7-10-14(17)15-4-3-11-18-15/h3-6,8-9,11,14,17H,7,10H2,1-2H3. The first kappa shape index (κ1) is 13.1. The Morgan fingerprint density at radius 1 is 1.17 bits per heavy atom. The molecule has 0 fully saturated rings. The van der Waals surface area contributed by atoms with Gasteiger partial charge in [-0.2, -0.15) is 0 Å². The van der Waals surface area contributed by atoms with E-state index in [2.05, 4.69) is 29.2 Å². The molecule has 2 rings (SSSR count). The van der Waals surface area contributed by atoms with Crippen molar-refractivity contribution in [1.29, 1.82) is 0 Å². The fraction of sp³-hybridized carbons (Fsp3) is 0.333. The number of nitrogens with zero attached hydrogens (tertiary/aromatic N) is 1. The van der Waals surface area contributed by atoms with Gasteiger partial charge in [0.15, 0.2) is 0 Å². The van der Waals surface area contributed by atoms with E-state index in [9.17, 15) is 5.11 Å². The molecule has 1 aromatic carbocycles. The van der Waals surface area contributed by atoms with Crippen LogP contribution >= 0.6 is 11.3 Å². The quantitative estimate of drug-likeness (QED) is 0.890. The van der Waals surface area contributed by atoms with Gasteiger partial charge in [0.25, 0.3) is 0 Å². The molecule has 0 aliphatic heterocycles. The van der Waals surface area contributed by atoms with E-state index >= 15 is 0 Å². The van der Waals surface area contributed by atoms with Crippen LogP contribution in [-0.2, 0) is 6.42 Å². The third kappa shape index (κ3) is 3.34. The Balaban J connectivity index is 1.90. The topological polar surface area (TPSA) is 23.5 Å². The van der Waals surface area contributed by atoms with Crippen molar-refractivity contribution in [3.8, 4) is 0 Å². The molecule has 96 valence electrons. The van der Waals surface area contributed by atoms with E-state index in [-0.39, 0.29) is 6.10 Å². The summed E-state index contributed by atoms with van der Waals surface area (Å²) >= 11 is 1.62. The Morgan fingerprint density at radius 2 is 1.89 bits per heavy atom. The molecule has 0 aliphatic rings. The summed E-state index contributed by atoms with van der Waals surface area (Å²) in [5, 5.41) is 12.0. The zero-order chi connectivity index (χ0) is 13.0. The highest BCUT2D eigenvalue weighted by Gasteiger charge is 2.08. The van der Waals surface area contributed by atoms with Gasteiger partial charge in [-0.15, -0.1) is 11.3 Å². The number of aliphatic hydroxyl groups excluding tert-OH is 1. The molecule has 1 heterocycles. The smallest absolute Gasteiger partial charge is 0.0885 e. The highest BCUT2D eigenvalue weighted by Crippen LogP contribution is 2.23. The van der Waals surface area contributed by atoms with E-state index in [4.69, 9.17) is 0 Å². The number of aryl methyl sites for hydroxylation is 1. The zero-order valence-corrected chi connectivity index (χ0v) is 11.7. The molecule has 1 aromatic heterocycles. The minimum absolute atomic E-state index is 0.335. The van der Waals surface area contributed by atoms with E-state index in [0.29, 0.717) is 0 Å². The maximum Gasteiger partial charge on any atom is 0.0885 e. The number of thiophene rings is 1. The fourth-order valence-electron chi connectivity index (χ4n) is 1.89. The summed E-state index contributed by atoms with van der Waals surface area (Å²) < 4.78 is 0. The van der Waals surface area contributed by atoms with Crippen LogP contribution in [0.2, 0.25) is 0 Å². The zero-order valence-electron chi connectivity index (χ0n) is 10.8. The number of hydrogen-bond acceptors (Lipinski definition) is 3. The molecule has 0 radical (unpaired) electrons. The average Bonchev–Trinajstić information content (AvgIpc) is 2.90. The van der Waals surface area contributed by atoms with Gasteiger partial charge in [-0.3, -0.25) is 0 Å². The van der Waals surface area contributed by atoms with Crippen LogP contribution in [0.25, 0.3) is 0 Å². The molecule has 18 heavy (non-hydrogen) atoms. The first-order valence-corrected chi connectivity index (χ1v) is 7.02. The molecule has 0 bridgehead atoms. The number of aliphatic hydroxyl groups is 1. The lowest BCUT2D eigenvalue weighted by Gasteiger charge is -2.13. The van der Waals surface area contributed by atoms with Gasteiger partial charge in [-0.25, -0.2) is 0 Å². The highest BCUT2D eigenvalue weighted by atomic mass is 32.1. The van der Waals surface area contributed by atoms with Gasteiger partial charge in [0, 0.05) is 24.7 Å². The van der Waals surface area contributed by atoms with Gasteiger partial charge in [-0.05, 0) is 42.0 Å². The lowest BCUT2D eigenvalue weighted by Crippen LogP contribution is -2.08. The number of anilines is 1. The molecule has 0 saturated carbocycles. The van der Waals surface area contributed by atoms with Crippen LogP contribution in [0.1, 0.15) is 23.0 Å². The van der Waals surface area contributed by atoms with Crippen LogP contribution in [0.4, 0.5) is 5.69 Å². The predicted octanol–water partition coefficient (Wildman–Crippen LogP) is 3.48. The van der Waals surface area contributed by atoms with E-state index < -0.39 is 0 Å². The lowest BCUT2D eigenvalue weighted by atomic mass is 10.1. The summed E-state index contributed by atoms with van der Waals surface area (Å²) in [6.07, 6.45) is 1.35. The third-order valence-electron chi connectivity index (χ3n) is 3.03. The molecule has 0 amide bonds. The predicted molar refractivity (Wildman–Crippen MR) is 78.4 cm³/mol. The monoisotopic (exact) mass is 261 g/mol. The van der Waals surface area contributed by atoms with E-state index in [1.165, 1.54) is 11.3 Å². The van der Waals surface area contributed by atoms with Crippen molar-refractivity contribution in [2.75, 3.05) is 19.0 Å². The van der Waals surface area contributed by atoms with Gasteiger partial charge < -0.3 is 10.0 Å². The summed E-state index contributed by atoms with van der Waals surface area (Å²) in [6.45, 7) is 0. The molecule has 1 N–H and O–H groups in total. The van der Waals surface area contributed by atoms with Gasteiger partial charge >= 0.3 is 0 Å². The summed E-state index contributed by atoms with van der Waals surface area (Å²) in [5.74, 6) is 0. The summed E-state index contributed by atoms with van der Waals surface area (Å²) in [4.78, 5) is 3.14. The molecule has 1 unspecified atom stereocenters. The Kier molecular flexibility index (Phi) is 4.39. The summed E-state index contributed by atoms with van der Waals surface area (Å²) in [5.41, 5.74) is 2.48. The molecule has 2 nitrogen and oxygen atoms in total. The van der Waals surface area contributed by atoms with Crippen molar-refractivity contribution in [2.24, 2.45) is 0 Å². The molecule has 3 heteroatoms. The largest absolute Gasteiger partial charge is 0.388 e. The Bertz CT molecular complexity index is 462. The molecular formula is C15H19NOS. The molecule has 0 saturated heterocycles. The van der Waals surface area contributed by atoms with Crippen LogP contribution in [0, 0.1) is 0 Å².